The molecule has 134 valence electrons. The van der Waals surface area contributed by atoms with Crippen molar-refractivity contribution in [3.63, 3.8) is 0 Å². The van der Waals surface area contributed by atoms with Gasteiger partial charge in [0.25, 0.3) is 0 Å². The number of sulfone groups is 1. The van der Waals surface area contributed by atoms with Crippen LogP contribution in [-0.4, -0.2) is 37.7 Å². The Hall–Kier alpha value is -1.99. The molecule has 2 aromatic rings. The predicted octanol–water partition coefficient (Wildman–Crippen LogP) is 2.27. The monoisotopic (exact) mass is 360 g/mol. The molecule has 0 spiro atoms. The van der Waals surface area contributed by atoms with Gasteiger partial charge in [0.05, 0.1) is 11.9 Å². The van der Waals surface area contributed by atoms with Crippen LogP contribution in [0.3, 0.4) is 0 Å². The van der Waals surface area contributed by atoms with Crippen LogP contribution < -0.4 is 10.6 Å². The minimum absolute atomic E-state index is 0.0977. The quantitative estimate of drug-likeness (QED) is 0.851. The Labute approximate surface area is 149 Å². The van der Waals surface area contributed by atoms with Crippen LogP contribution in [0.15, 0.2) is 35.4 Å². The molecule has 0 bridgehead atoms. The highest BCUT2D eigenvalue weighted by atomic mass is 32.2. The number of anilines is 1. The molecule has 1 atom stereocenters. The maximum atomic E-state index is 12.1. The number of nitrogens with one attached hydrogen (secondary N) is 2. The maximum absolute atomic E-state index is 12.1. The number of hydrogen-bond donors (Lipinski definition) is 2. The summed E-state index contributed by atoms with van der Waals surface area (Å²) in [6.07, 6.45) is 4.60. The van der Waals surface area contributed by atoms with Crippen LogP contribution >= 0.6 is 0 Å². The van der Waals surface area contributed by atoms with Crippen molar-refractivity contribution >= 4 is 15.8 Å². The predicted molar refractivity (Wildman–Crippen MR) is 98.5 cm³/mol. The molecule has 2 heterocycles. The second kappa shape index (κ2) is 7.49. The molecule has 1 aromatic carbocycles. The molecule has 1 aliphatic heterocycles. The molecule has 7 heteroatoms. The fourth-order valence-corrected chi connectivity index (χ4v) is 3.95. The van der Waals surface area contributed by atoms with Gasteiger partial charge in [0, 0.05) is 25.3 Å². The number of aromatic nitrogens is 2. The second-order valence-electron chi connectivity index (χ2n) is 6.54. The van der Waals surface area contributed by atoms with Crippen LogP contribution in [0, 0.1) is 6.92 Å². The summed E-state index contributed by atoms with van der Waals surface area (Å²) in [7, 11) is -3.35. The van der Waals surface area contributed by atoms with Gasteiger partial charge < -0.3 is 10.6 Å². The van der Waals surface area contributed by atoms with E-state index in [0.29, 0.717) is 18.2 Å². The van der Waals surface area contributed by atoms with Crippen LogP contribution in [0.25, 0.3) is 0 Å². The Morgan fingerprint density at radius 2 is 2.12 bits per heavy atom. The van der Waals surface area contributed by atoms with E-state index in [1.165, 1.54) is 23.6 Å². The fraction of sp³-hybridized carbons (Fsp3) is 0.444. The van der Waals surface area contributed by atoms with E-state index in [4.69, 9.17) is 0 Å². The van der Waals surface area contributed by atoms with Crippen molar-refractivity contribution in [1.82, 2.24) is 15.3 Å². The van der Waals surface area contributed by atoms with Gasteiger partial charge in [-0.3, -0.25) is 0 Å². The zero-order valence-electron chi connectivity index (χ0n) is 14.6. The van der Waals surface area contributed by atoms with E-state index in [1.54, 1.807) is 0 Å². The standard InChI is InChI=1S/C18H24N4O2S/c1-13-6-3-4-7-14(13)11-20-18-21-12-16(25(2,23)24)17(22-18)15-8-5-9-19-10-15/h3-4,6-7,12,15,19H,5,8-11H2,1-2H3,(H,20,21,22). The van der Waals surface area contributed by atoms with Crippen molar-refractivity contribution in [2.45, 2.75) is 37.1 Å². The van der Waals surface area contributed by atoms with E-state index in [1.807, 2.05) is 12.1 Å². The lowest BCUT2D eigenvalue weighted by Crippen LogP contribution is -2.30. The first-order valence-corrected chi connectivity index (χ1v) is 10.4. The van der Waals surface area contributed by atoms with Gasteiger partial charge >= 0.3 is 0 Å². The van der Waals surface area contributed by atoms with Crippen molar-refractivity contribution in [1.29, 1.82) is 0 Å². The molecular weight excluding hydrogens is 336 g/mol. The highest BCUT2D eigenvalue weighted by molar-refractivity contribution is 7.90. The van der Waals surface area contributed by atoms with Crippen molar-refractivity contribution in [3.8, 4) is 0 Å². The van der Waals surface area contributed by atoms with Crippen LogP contribution in [0.5, 0.6) is 0 Å². The molecule has 1 unspecified atom stereocenters. The SMILES string of the molecule is Cc1ccccc1CNc1ncc(S(C)(=O)=O)c(C2CCCNC2)n1. The number of rotatable bonds is 5. The average Bonchev–Trinajstić information content (AvgIpc) is 2.61. The third-order valence-corrected chi connectivity index (χ3v) is 5.68. The number of benzene rings is 1. The van der Waals surface area contributed by atoms with Gasteiger partial charge in [-0.25, -0.2) is 18.4 Å². The molecule has 3 rings (SSSR count). The lowest BCUT2D eigenvalue weighted by molar-refractivity contribution is 0.448. The summed E-state index contributed by atoms with van der Waals surface area (Å²) in [6.45, 7) is 4.38. The summed E-state index contributed by atoms with van der Waals surface area (Å²) in [5.41, 5.74) is 2.98. The van der Waals surface area contributed by atoms with Crippen LogP contribution in [0.1, 0.15) is 35.6 Å². The molecule has 1 aromatic heterocycles. The van der Waals surface area contributed by atoms with Crippen molar-refractivity contribution < 1.29 is 8.42 Å². The molecule has 0 saturated carbocycles. The maximum Gasteiger partial charge on any atom is 0.223 e. The molecule has 0 amide bonds. The number of hydrogen-bond acceptors (Lipinski definition) is 6. The van der Waals surface area contributed by atoms with Gasteiger partial charge in [-0.1, -0.05) is 24.3 Å². The highest BCUT2D eigenvalue weighted by Crippen LogP contribution is 2.28. The van der Waals surface area contributed by atoms with Crippen LogP contribution in [0.2, 0.25) is 0 Å². The Morgan fingerprint density at radius 1 is 1.32 bits per heavy atom. The van der Waals surface area contributed by atoms with Crippen molar-refractivity contribution in [3.05, 3.63) is 47.3 Å². The smallest absolute Gasteiger partial charge is 0.223 e. The van der Waals surface area contributed by atoms with Gasteiger partial charge in [0.2, 0.25) is 5.95 Å². The van der Waals surface area contributed by atoms with Gasteiger partial charge in [0.15, 0.2) is 9.84 Å². The average molecular weight is 360 g/mol. The summed E-state index contributed by atoms with van der Waals surface area (Å²) in [6, 6.07) is 8.12. The molecule has 1 fully saturated rings. The minimum Gasteiger partial charge on any atom is -0.350 e. The lowest BCUT2D eigenvalue weighted by atomic mass is 9.96. The summed E-state index contributed by atoms with van der Waals surface area (Å²) < 4.78 is 24.2. The zero-order chi connectivity index (χ0) is 17.9. The first-order chi connectivity index (χ1) is 11.9. The summed E-state index contributed by atoms with van der Waals surface area (Å²) in [5.74, 6) is 0.566. The lowest BCUT2D eigenvalue weighted by Gasteiger charge is -2.24. The third-order valence-electron chi connectivity index (χ3n) is 4.56. The molecule has 6 nitrogen and oxygen atoms in total. The first-order valence-electron chi connectivity index (χ1n) is 8.51. The molecule has 2 N–H and O–H groups in total. The van der Waals surface area contributed by atoms with Gasteiger partial charge in [-0.15, -0.1) is 0 Å². The van der Waals surface area contributed by atoms with E-state index in [-0.39, 0.29) is 10.8 Å². The summed E-state index contributed by atoms with van der Waals surface area (Å²) in [4.78, 5) is 9.03. The molecule has 0 radical (unpaired) electrons. The number of piperidine rings is 1. The molecule has 1 aliphatic rings. The van der Waals surface area contributed by atoms with E-state index in [0.717, 1.165) is 25.9 Å². The van der Waals surface area contributed by atoms with Gasteiger partial charge in [-0.05, 0) is 37.4 Å². The zero-order valence-corrected chi connectivity index (χ0v) is 15.4. The molecule has 1 saturated heterocycles. The minimum atomic E-state index is -3.35. The van der Waals surface area contributed by atoms with Crippen molar-refractivity contribution in [2.24, 2.45) is 0 Å². The van der Waals surface area contributed by atoms with Crippen LogP contribution in [-0.2, 0) is 16.4 Å². The molecule has 0 aliphatic carbocycles. The van der Waals surface area contributed by atoms with Crippen molar-refractivity contribution in [2.75, 3.05) is 24.7 Å². The topological polar surface area (TPSA) is 84.0 Å². The Kier molecular flexibility index (Phi) is 5.34. The van der Waals surface area contributed by atoms with E-state index in [9.17, 15) is 8.42 Å². The van der Waals surface area contributed by atoms with E-state index < -0.39 is 9.84 Å². The van der Waals surface area contributed by atoms with E-state index in [2.05, 4.69) is 39.7 Å². The third kappa shape index (κ3) is 4.35. The first kappa shape index (κ1) is 17.8. The largest absolute Gasteiger partial charge is 0.350 e. The Bertz CT molecular complexity index is 846. The second-order valence-corrected chi connectivity index (χ2v) is 8.52. The summed E-state index contributed by atoms with van der Waals surface area (Å²) >= 11 is 0. The summed E-state index contributed by atoms with van der Waals surface area (Å²) in [5, 5.41) is 6.54. The highest BCUT2D eigenvalue weighted by Gasteiger charge is 2.25. The van der Waals surface area contributed by atoms with Gasteiger partial charge in [-0.2, -0.15) is 0 Å². The Balaban J connectivity index is 1.87. The fourth-order valence-electron chi connectivity index (χ4n) is 3.12. The normalized spacial score (nSPS) is 18.1. The number of nitrogens with zero attached hydrogens (tertiary/aromatic N) is 2. The number of aryl methyl sites for hydroxylation is 1. The Morgan fingerprint density at radius 3 is 2.80 bits per heavy atom. The molecular formula is C18H24N4O2S. The van der Waals surface area contributed by atoms with E-state index >= 15 is 0 Å². The van der Waals surface area contributed by atoms with Crippen LogP contribution in [0.4, 0.5) is 5.95 Å². The molecule has 25 heavy (non-hydrogen) atoms. The van der Waals surface area contributed by atoms with Gasteiger partial charge in [0.1, 0.15) is 4.90 Å².